The van der Waals surface area contributed by atoms with Crippen LogP contribution in [0.1, 0.15) is 66.8 Å². The van der Waals surface area contributed by atoms with Crippen molar-refractivity contribution in [2.75, 3.05) is 6.61 Å². The summed E-state index contributed by atoms with van der Waals surface area (Å²) >= 11 is 0. The standard InChI is InChI=1S/C23H34N2O7/c1-12(2)25-14(5)17(10-15-6-8-16(9-7-15)30-13(3)4)22(24-25)32-23-21(29)20(28)19(27)18(11-26)31-23/h6-9,12-13,18-21,23,26-29H,10-11H2,1-5H3/t18-,19-,20+,21-,23+/m1/s1/i1D3,2D3,5D3,10D2,12D. The first kappa shape index (κ1) is 12.9. The molecule has 2 heterocycles. The Balaban J connectivity index is 2.39. The lowest BCUT2D eigenvalue weighted by atomic mass is 9.99. The van der Waals surface area contributed by atoms with Crippen LogP contribution in [0.2, 0.25) is 0 Å². The fraction of sp³-hybridized carbons (Fsp3) is 0.609. The molecule has 9 heteroatoms. The van der Waals surface area contributed by atoms with Crippen molar-refractivity contribution in [3.63, 3.8) is 0 Å². The third-order valence-electron chi connectivity index (χ3n) is 4.64. The minimum Gasteiger partial charge on any atom is -0.491 e. The molecular formula is C23H34N2O7. The summed E-state index contributed by atoms with van der Waals surface area (Å²) in [6.45, 7) is -8.47. The SMILES string of the molecule is [2H]C([2H])([2H])c1c(C([2H])([2H])c2ccc(OC(C)C)cc2)c(O[C@@H]2O[C@H](CO)[C@@H](O)[C@H](O)[C@H]2O)nn1C([2H])(C([2H])([2H])[2H])C([2H])([2H])[2H]. The van der Waals surface area contributed by atoms with E-state index < -0.39 is 87.4 Å². The molecule has 1 aromatic carbocycles. The number of ether oxygens (including phenoxy) is 3. The van der Waals surface area contributed by atoms with Crippen molar-refractivity contribution in [2.45, 2.75) is 83.6 Å². The van der Waals surface area contributed by atoms with E-state index in [4.69, 9.17) is 30.7 Å². The molecule has 0 amide bonds. The third kappa shape index (κ3) is 5.24. The monoisotopic (exact) mass is 462 g/mol. The number of aliphatic hydroxyl groups is 4. The Morgan fingerprint density at radius 3 is 2.50 bits per heavy atom. The first-order chi connectivity index (χ1) is 19.9. The lowest BCUT2D eigenvalue weighted by molar-refractivity contribution is -0.278. The highest BCUT2D eigenvalue weighted by molar-refractivity contribution is 5.38. The Labute approximate surface area is 205 Å². The van der Waals surface area contributed by atoms with Crippen LogP contribution < -0.4 is 9.47 Å². The van der Waals surface area contributed by atoms with Gasteiger partial charge in [0.15, 0.2) is 0 Å². The van der Waals surface area contributed by atoms with Gasteiger partial charge in [-0.3, -0.25) is 4.68 Å². The van der Waals surface area contributed by atoms with Crippen molar-refractivity contribution in [1.29, 1.82) is 0 Å². The summed E-state index contributed by atoms with van der Waals surface area (Å²) < 4.78 is 115. The van der Waals surface area contributed by atoms with Gasteiger partial charge in [0.25, 0.3) is 0 Å². The van der Waals surface area contributed by atoms with E-state index in [-0.39, 0.29) is 16.3 Å². The molecule has 5 atom stereocenters. The van der Waals surface area contributed by atoms with Crippen LogP contribution in [0, 0.1) is 6.85 Å². The van der Waals surface area contributed by atoms with E-state index in [0.29, 0.717) is 5.75 Å². The fourth-order valence-electron chi connectivity index (χ4n) is 3.06. The molecule has 0 aliphatic carbocycles. The van der Waals surface area contributed by atoms with Crippen LogP contribution in [0.4, 0.5) is 0 Å². The molecule has 0 radical (unpaired) electrons. The van der Waals surface area contributed by atoms with Crippen molar-refractivity contribution >= 4 is 0 Å². The largest absolute Gasteiger partial charge is 0.491 e. The molecule has 0 spiro atoms. The van der Waals surface area contributed by atoms with Gasteiger partial charge >= 0.3 is 0 Å². The Hall–Kier alpha value is -2.17. The van der Waals surface area contributed by atoms with Crippen molar-refractivity contribution in [1.82, 2.24) is 9.78 Å². The van der Waals surface area contributed by atoms with Crippen molar-refractivity contribution in [3.05, 3.63) is 41.1 Å². The van der Waals surface area contributed by atoms with Crippen LogP contribution in [0.3, 0.4) is 0 Å². The van der Waals surface area contributed by atoms with Crippen LogP contribution in [0.25, 0.3) is 0 Å². The zero-order chi connectivity index (χ0) is 33.8. The predicted molar refractivity (Wildman–Crippen MR) is 117 cm³/mol. The molecular weight excluding hydrogens is 416 g/mol. The molecule has 3 rings (SSSR count). The van der Waals surface area contributed by atoms with Gasteiger partial charge in [0.2, 0.25) is 12.2 Å². The summed E-state index contributed by atoms with van der Waals surface area (Å²) in [6.07, 6.45) is -12.8. The highest BCUT2D eigenvalue weighted by atomic mass is 16.7. The fourth-order valence-corrected chi connectivity index (χ4v) is 3.06. The average Bonchev–Trinajstić information content (AvgIpc) is 3.28. The highest BCUT2D eigenvalue weighted by Crippen LogP contribution is 2.31. The molecule has 2 aromatic rings. The van der Waals surface area contributed by atoms with Gasteiger partial charge in [0.05, 0.1) is 14.1 Å². The second kappa shape index (κ2) is 10.2. The predicted octanol–water partition coefficient (Wildman–Crippen LogP) is 1.33. The quantitative estimate of drug-likeness (QED) is 0.463. The normalized spacial score (nSPS) is 33.5. The summed E-state index contributed by atoms with van der Waals surface area (Å²) in [6, 6.07) is 1.37. The Bertz CT molecular complexity index is 1280. The summed E-state index contributed by atoms with van der Waals surface area (Å²) in [7, 11) is 0. The molecule has 1 aliphatic heterocycles. The number of rotatable bonds is 8. The van der Waals surface area contributed by atoms with Gasteiger partial charge in [0.1, 0.15) is 30.2 Å². The van der Waals surface area contributed by atoms with E-state index >= 15 is 0 Å². The molecule has 1 aliphatic rings. The number of hydrogen-bond acceptors (Lipinski definition) is 8. The number of aliphatic hydroxyl groups excluding tert-OH is 4. The molecule has 0 bridgehead atoms. The van der Waals surface area contributed by atoms with Gasteiger partial charge in [-0.05, 0) is 52.1 Å². The van der Waals surface area contributed by atoms with E-state index in [1.807, 2.05) is 0 Å². The zero-order valence-electron chi connectivity index (χ0n) is 29.4. The zero-order valence-corrected chi connectivity index (χ0v) is 17.4. The maximum atomic E-state index is 10.5. The van der Waals surface area contributed by atoms with Gasteiger partial charge < -0.3 is 34.6 Å². The van der Waals surface area contributed by atoms with E-state index in [0.717, 1.165) is 0 Å². The smallest absolute Gasteiger partial charge is 0.239 e. The molecule has 4 N–H and O–H groups in total. The second-order valence-corrected chi connectivity index (χ2v) is 7.42. The second-order valence-electron chi connectivity index (χ2n) is 7.42. The lowest BCUT2D eigenvalue weighted by Gasteiger charge is -2.39. The van der Waals surface area contributed by atoms with Crippen LogP contribution in [0.15, 0.2) is 24.3 Å². The van der Waals surface area contributed by atoms with Crippen LogP contribution >= 0.6 is 0 Å². The van der Waals surface area contributed by atoms with Crippen LogP contribution in [-0.2, 0) is 11.1 Å². The number of nitrogens with zero attached hydrogens (tertiary/aromatic N) is 2. The number of aromatic nitrogens is 2. The molecule has 0 saturated carbocycles. The van der Waals surface area contributed by atoms with E-state index in [2.05, 4.69) is 5.10 Å². The van der Waals surface area contributed by atoms with Gasteiger partial charge in [-0.25, -0.2) is 0 Å². The maximum Gasteiger partial charge on any atom is 0.239 e. The molecule has 0 unspecified atom stereocenters. The minimum atomic E-state index is -3.81. The first-order valence-corrected chi connectivity index (χ1v) is 9.78. The number of hydrogen-bond donors (Lipinski definition) is 4. The molecule has 9 nitrogen and oxygen atoms in total. The topological polar surface area (TPSA) is 126 Å². The molecule has 1 saturated heterocycles. The lowest BCUT2D eigenvalue weighted by Crippen LogP contribution is -2.60. The van der Waals surface area contributed by atoms with Gasteiger partial charge in [-0.15, -0.1) is 5.10 Å². The van der Waals surface area contributed by atoms with E-state index in [1.54, 1.807) is 13.8 Å². The van der Waals surface area contributed by atoms with Crippen LogP contribution in [-0.4, -0.2) is 73.6 Å². The maximum absolute atomic E-state index is 10.5. The first-order valence-electron chi connectivity index (χ1n) is 15.8. The van der Waals surface area contributed by atoms with Crippen molar-refractivity contribution in [2.24, 2.45) is 0 Å². The summed E-state index contributed by atoms with van der Waals surface area (Å²) in [5.41, 5.74) is -2.60. The molecule has 32 heavy (non-hydrogen) atoms. The Kier molecular flexibility index (Phi) is 4.11. The molecule has 1 aromatic heterocycles. The summed E-state index contributed by atoms with van der Waals surface area (Å²) in [4.78, 5) is 0. The third-order valence-corrected chi connectivity index (χ3v) is 4.64. The molecule has 178 valence electrons. The minimum absolute atomic E-state index is 0.150. The highest BCUT2D eigenvalue weighted by Gasteiger charge is 2.45. The average molecular weight is 463 g/mol. The molecule has 1 fully saturated rings. The van der Waals surface area contributed by atoms with Crippen molar-refractivity contribution < 1.29 is 51.1 Å². The Morgan fingerprint density at radius 2 is 1.91 bits per heavy atom. The summed E-state index contributed by atoms with van der Waals surface area (Å²) in [5.74, 6) is -0.780. The van der Waals surface area contributed by atoms with Crippen LogP contribution in [0.5, 0.6) is 11.6 Å². The van der Waals surface area contributed by atoms with E-state index in [1.165, 1.54) is 24.3 Å². The van der Waals surface area contributed by atoms with Gasteiger partial charge in [0, 0.05) is 38.7 Å². The summed E-state index contributed by atoms with van der Waals surface area (Å²) in [5, 5.41) is 44.2. The van der Waals surface area contributed by atoms with Gasteiger partial charge in [-0.2, -0.15) is 0 Å². The van der Waals surface area contributed by atoms with Crippen molar-refractivity contribution in [3.8, 4) is 11.6 Å². The Morgan fingerprint density at radius 1 is 1.19 bits per heavy atom. The van der Waals surface area contributed by atoms with E-state index in [9.17, 15) is 20.4 Å². The number of benzene rings is 1. The van der Waals surface area contributed by atoms with Gasteiger partial charge in [-0.1, -0.05) is 12.1 Å².